The predicted molar refractivity (Wildman–Crippen MR) is 72.9 cm³/mol. The van der Waals surface area contributed by atoms with Gasteiger partial charge >= 0.3 is 0 Å². The first-order chi connectivity index (χ1) is 8.77. The van der Waals surface area contributed by atoms with Gasteiger partial charge in [0.1, 0.15) is 0 Å². The number of carbonyl (C=O) groups is 1. The molecule has 18 heavy (non-hydrogen) atoms. The zero-order valence-electron chi connectivity index (χ0n) is 10.5. The van der Waals surface area contributed by atoms with Crippen LogP contribution in [-0.2, 0) is 4.79 Å². The van der Waals surface area contributed by atoms with Crippen molar-refractivity contribution in [3.63, 3.8) is 0 Å². The molecule has 0 spiro atoms. The molecule has 0 fully saturated rings. The standard InChI is InChI=1S/C15H20N2O/c16-14(12-7-3-1-4-8-12)11-17-15(18)13-9-5-2-6-10-13/h1-5,7-8,13-14H,6,9-11,16H2,(H,17,18). The maximum Gasteiger partial charge on any atom is 0.223 e. The van der Waals surface area contributed by atoms with Gasteiger partial charge in [-0.05, 0) is 24.8 Å². The molecule has 1 amide bonds. The lowest BCUT2D eigenvalue weighted by Crippen LogP contribution is -2.36. The van der Waals surface area contributed by atoms with Crippen molar-refractivity contribution in [1.82, 2.24) is 5.32 Å². The summed E-state index contributed by atoms with van der Waals surface area (Å²) in [6.07, 6.45) is 7.03. The molecule has 0 bridgehead atoms. The first-order valence-corrected chi connectivity index (χ1v) is 6.50. The highest BCUT2D eigenvalue weighted by Crippen LogP contribution is 2.18. The van der Waals surface area contributed by atoms with Gasteiger partial charge in [0.25, 0.3) is 0 Å². The Morgan fingerprint density at radius 2 is 2.11 bits per heavy atom. The Labute approximate surface area is 108 Å². The molecule has 96 valence electrons. The monoisotopic (exact) mass is 244 g/mol. The van der Waals surface area contributed by atoms with E-state index in [9.17, 15) is 4.79 Å². The van der Waals surface area contributed by atoms with Crippen LogP contribution in [0.15, 0.2) is 42.5 Å². The third kappa shape index (κ3) is 3.44. The molecule has 3 heteroatoms. The van der Waals surface area contributed by atoms with Crippen molar-refractivity contribution >= 4 is 5.91 Å². The van der Waals surface area contributed by atoms with Gasteiger partial charge in [0.05, 0.1) is 0 Å². The third-order valence-electron chi connectivity index (χ3n) is 3.36. The number of hydrogen-bond acceptors (Lipinski definition) is 2. The van der Waals surface area contributed by atoms with Gasteiger partial charge in [0, 0.05) is 18.5 Å². The summed E-state index contributed by atoms with van der Waals surface area (Å²) in [5.74, 6) is 0.253. The summed E-state index contributed by atoms with van der Waals surface area (Å²) < 4.78 is 0. The summed E-state index contributed by atoms with van der Waals surface area (Å²) in [6, 6.07) is 9.73. The number of hydrogen-bond donors (Lipinski definition) is 2. The van der Waals surface area contributed by atoms with Crippen LogP contribution in [0.2, 0.25) is 0 Å². The number of nitrogens with two attached hydrogens (primary N) is 1. The fourth-order valence-electron chi connectivity index (χ4n) is 2.20. The van der Waals surface area contributed by atoms with E-state index >= 15 is 0 Å². The van der Waals surface area contributed by atoms with E-state index in [2.05, 4.69) is 17.5 Å². The highest BCUT2D eigenvalue weighted by atomic mass is 16.1. The van der Waals surface area contributed by atoms with Crippen molar-refractivity contribution in [3.8, 4) is 0 Å². The first kappa shape index (κ1) is 12.8. The molecule has 1 aliphatic carbocycles. The van der Waals surface area contributed by atoms with Gasteiger partial charge in [-0.3, -0.25) is 4.79 Å². The second kappa shape index (κ2) is 6.36. The molecule has 2 unspecified atom stereocenters. The minimum absolute atomic E-state index is 0.123. The molecule has 3 nitrogen and oxygen atoms in total. The molecule has 0 radical (unpaired) electrons. The molecule has 0 aromatic heterocycles. The highest BCUT2D eigenvalue weighted by Gasteiger charge is 2.18. The Morgan fingerprint density at radius 1 is 1.33 bits per heavy atom. The number of allylic oxidation sites excluding steroid dienone is 2. The van der Waals surface area contributed by atoms with Crippen molar-refractivity contribution in [1.29, 1.82) is 0 Å². The first-order valence-electron chi connectivity index (χ1n) is 6.50. The molecule has 2 atom stereocenters. The number of amides is 1. The number of carbonyl (C=O) groups excluding carboxylic acids is 1. The lowest BCUT2D eigenvalue weighted by atomic mass is 9.93. The maximum atomic E-state index is 11.9. The smallest absolute Gasteiger partial charge is 0.223 e. The van der Waals surface area contributed by atoms with Crippen LogP contribution in [0.25, 0.3) is 0 Å². The molecule has 1 aromatic rings. The second-order valence-corrected chi connectivity index (χ2v) is 4.74. The third-order valence-corrected chi connectivity index (χ3v) is 3.36. The summed E-state index contributed by atoms with van der Waals surface area (Å²) >= 11 is 0. The Bertz CT molecular complexity index is 414. The fraction of sp³-hybridized carbons (Fsp3) is 0.400. The largest absolute Gasteiger partial charge is 0.354 e. The lowest BCUT2D eigenvalue weighted by molar-refractivity contribution is -0.125. The summed E-state index contributed by atoms with van der Waals surface area (Å²) in [7, 11) is 0. The van der Waals surface area contributed by atoms with E-state index in [0.717, 1.165) is 24.8 Å². The van der Waals surface area contributed by atoms with Gasteiger partial charge < -0.3 is 11.1 Å². The minimum Gasteiger partial charge on any atom is -0.354 e. The average molecular weight is 244 g/mol. The summed E-state index contributed by atoms with van der Waals surface area (Å²) in [4.78, 5) is 11.9. The number of benzene rings is 1. The van der Waals surface area contributed by atoms with Crippen molar-refractivity contribution in [2.24, 2.45) is 11.7 Å². The van der Waals surface area contributed by atoms with Crippen LogP contribution in [0.4, 0.5) is 0 Å². The van der Waals surface area contributed by atoms with Crippen LogP contribution in [-0.4, -0.2) is 12.5 Å². The van der Waals surface area contributed by atoms with Crippen LogP contribution >= 0.6 is 0 Å². The van der Waals surface area contributed by atoms with E-state index in [4.69, 9.17) is 5.73 Å². The van der Waals surface area contributed by atoms with Gasteiger partial charge in [-0.25, -0.2) is 0 Å². The van der Waals surface area contributed by atoms with Crippen LogP contribution in [0.1, 0.15) is 30.9 Å². The van der Waals surface area contributed by atoms with Crippen LogP contribution < -0.4 is 11.1 Å². The summed E-state index contributed by atoms with van der Waals surface area (Å²) in [5, 5.41) is 2.95. The van der Waals surface area contributed by atoms with Crippen LogP contribution in [0.3, 0.4) is 0 Å². The van der Waals surface area contributed by atoms with Crippen LogP contribution in [0, 0.1) is 5.92 Å². The Hall–Kier alpha value is -1.61. The van der Waals surface area contributed by atoms with Crippen molar-refractivity contribution < 1.29 is 4.79 Å². The molecule has 3 N–H and O–H groups in total. The lowest BCUT2D eigenvalue weighted by Gasteiger charge is -2.19. The molecule has 0 aliphatic heterocycles. The average Bonchev–Trinajstić information content (AvgIpc) is 2.46. The molecule has 0 saturated carbocycles. The van der Waals surface area contributed by atoms with Gasteiger partial charge in [-0.15, -0.1) is 0 Å². The number of nitrogens with one attached hydrogen (secondary N) is 1. The molecule has 1 aromatic carbocycles. The van der Waals surface area contributed by atoms with Crippen molar-refractivity contribution in [3.05, 3.63) is 48.0 Å². The molecular formula is C15H20N2O. The van der Waals surface area contributed by atoms with Crippen LogP contribution in [0.5, 0.6) is 0 Å². The van der Waals surface area contributed by atoms with E-state index in [1.807, 2.05) is 30.3 Å². The van der Waals surface area contributed by atoms with E-state index in [1.165, 1.54) is 0 Å². The van der Waals surface area contributed by atoms with Gasteiger partial charge in [0.2, 0.25) is 5.91 Å². The van der Waals surface area contributed by atoms with Gasteiger partial charge in [0.15, 0.2) is 0 Å². The molecular weight excluding hydrogens is 224 g/mol. The maximum absolute atomic E-state index is 11.9. The quantitative estimate of drug-likeness (QED) is 0.797. The van der Waals surface area contributed by atoms with E-state index in [-0.39, 0.29) is 17.9 Å². The highest BCUT2D eigenvalue weighted by molar-refractivity contribution is 5.79. The normalized spacial score (nSPS) is 20.4. The van der Waals surface area contributed by atoms with Crippen molar-refractivity contribution in [2.75, 3.05) is 6.54 Å². The zero-order chi connectivity index (χ0) is 12.8. The number of rotatable bonds is 4. The predicted octanol–water partition coefficient (Wildman–Crippen LogP) is 2.16. The van der Waals surface area contributed by atoms with E-state index < -0.39 is 0 Å². The summed E-state index contributed by atoms with van der Waals surface area (Å²) in [6.45, 7) is 0.503. The Kier molecular flexibility index (Phi) is 4.53. The molecule has 1 aliphatic rings. The SMILES string of the molecule is NC(CNC(=O)C1CC=CCC1)c1ccccc1. The second-order valence-electron chi connectivity index (χ2n) is 4.74. The van der Waals surface area contributed by atoms with E-state index in [1.54, 1.807) is 0 Å². The Balaban J connectivity index is 1.80. The zero-order valence-corrected chi connectivity index (χ0v) is 10.5. The molecule has 2 rings (SSSR count). The molecule has 0 saturated heterocycles. The van der Waals surface area contributed by atoms with Gasteiger partial charge in [-0.2, -0.15) is 0 Å². The molecule has 0 heterocycles. The fourth-order valence-corrected chi connectivity index (χ4v) is 2.20. The van der Waals surface area contributed by atoms with Gasteiger partial charge in [-0.1, -0.05) is 42.5 Å². The topological polar surface area (TPSA) is 55.1 Å². The Morgan fingerprint density at radius 3 is 2.78 bits per heavy atom. The summed E-state index contributed by atoms with van der Waals surface area (Å²) in [5.41, 5.74) is 7.10. The van der Waals surface area contributed by atoms with E-state index in [0.29, 0.717) is 6.54 Å². The van der Waals surface area contributed by atoms with Crippen molar-refractivity contribution in [2.45, 2.75) is 25.3 Å². The minimum atomic E-state index is -0.130.